The van der Waals surface area contributed by atoms with Crippen molar-refractivity contribution < 1.29 is 15.0 Å². The van der Waals surface area contributed by atoms with Crippen molar-refractivity contribution in [2.45, 2.75) is 45.3 Å². The van der Waals surface area contributed by atoms with Gasteiger partial charge in [-0.15, -0.1) is 0 Å². The number of carboxylic acid groups (broad SMARTS) is 1. The van der Waals surface area contributed by atoms with Crippen LogP contribution in [0.2, 0.25) is 0 Å². The van der Waals surface area contributed by atoms with Gasteiger partial charge in [-0.2, -0.15) is 0 Å². The summed E-state index contributed by atoms with van der Waals surface area (Å²) in [4.78, 5) is 10.1. The lowest BCUT2D eigenvalue weighted by Gasteiger charge is -2.03. The molecule has 0 radical (unpaired) electrons. The third-order valence-electron chi connectivity index (χ3n) is 1.29. The summed E-state index contributed by atoms with van der Waals surface area (Å²) in [7, 11) is 0. The van der Waals surface area contributed by atoms with E-state index in [1.807, 2.05) is 0 Å². The van der Waals surface area contributed by atoms with Crippen molar-refractivity contribution in [3.63, 3.8) is 0 Å². The third-order valence-corrected chi connectivity index (χ3v) is 1.29. The number of carboxylic acids is 1. The van der Waals surface area contributed by atoms with Crippen LogP contribution in [0.15, 0.2) is 0 Å². The van der Waals surface area contributed by atoms with Gasteiger partial charge in [0.05, 0.1) is 0 Å². The van der Waals surface area contributed by atoms with Gasteiger partial charge in [0, 0.05) is 6.10 Å². The Morgan fingerprint density at radius 1 is 1.36 bits per heavy atom. The molecule has 0 aliphatic rings. The molecule has 0 aliphatic carbocycles. The highest BCUT2D eigenvalue weighted by Gasteiger charge is 2.09. The van der Waals surface area contributed by atoms with Gasteiger partial charge in [-0.3, -0.25) is 4.79 Å². The van der Waals surface area contributed by atoms with Gasteiger partial charge < -0.3 is 21.7 Å². The normalized spacial score (nSPS) is 11.9. The van der Waals surface area contributed by atoms with Crippen LogP contribution in [0.1, 0.15) is 33.1 Å². The van der Waals surface area contributed by atoms with Crippen LogP contribution in [0.3, 0.4) is 0 Å². The Bertz CT molecular complexity index is 137. The number of rotatable bonds is 5. The smallest absolute Gasteiger partial charge is 0.320 e. The van der Waals surface area contributed by atoms with Crippen molar-refractivity contribution in [1.82, 2.24) is 0 Å². The monoisotopic (exact) mass is 206 g/mol. The molecule has 0 aliphatic heterocycles. The lowest BCUT2D eigenvalue weighted by molar-refractivity contribution is -0.138. The fraction of sp³-hybridized carbons (Fsp3) is 0.889. The summed E-state index contributed by atoms with van der Waals surface area (Å²) in [6.45, 7) is 4.05. The van der Waals surface area contributed by atoms with Crippen molar-refractivity contribution in [1.29, 1.82) is 0 Å². The van der Waals surface area contributed by atoms with Crippen molar-refractivity contribution in [3.8, 4) is 0 Å². The highest BCUT2D eigenvalue weighted by molar-refractivity contribution is 5.72. The van der Waals surface area contributed by atoms with Crippen LogP contribution >= 0.6 is 0 Å². The van der Waals surface area contributed by atoms with E-state index in [1.165, 1.54) is 0 Å². The van der Waals surface area contributed by atoms with Crippen molar-refractivity contribution >= 4 is 5.97 Å². The van der Waals surface area contributed by atoms with E-state index >= 15 is 0 Å². The molecule has 0 bridgehead atoms. The first-order valence-corrected chi connectivity index (χ1v) is 4.78. The van der Waals surface area contributed by atoms with Crippen LogP contribution in [0.25, 0.3) is 0 Å². The van der Waals surface area contributed by atoms with E-state index in [0.29, 0.717) is 13.0 Å². The summed E-state index contributed by atoms with van der Waals surface area (Å²) in [6.07, 6.45) is 2.00. The number of aliphatic carboxylic acids is 1. The molecule has 5 heteroatoms. The number of unbranched alkanes of at least 4 members (excludes halogenated alkanes) is 1. The number of aliphatic hydroxyl groups excluding tert-OH is 1. The summed E-state index contributed by atoms with van der Waals surface area (Å²) < 4.78 is 0. The zero-order valence-corrected chi connectivity index (χ0v) is 8.94. The second-order valence-corrected chi connectivity index (χ2v) is 3.32. The molecule has 0 saturated carbocycles. The van der Waals surface area contributed by atoms with Crippen LogP contribution in [0.5, 0.6) is 0 Å². The van der Waals surface area contributed by atoms with Crippen LogP contribution < -0.4 is 11.5 Å². The maximum atomic E-state index is 10.1. The molecular formula is C9H22N2O3. The molecular weight excluding hydrogens is 184 g/mol. The first-order chi connectivity index (χ1) is 6.41. The molecule has 0 aromatic heterocycles. The average molecular weight is 206 g/mol. The SMILES string of the molecule is CC(C)O.NCCCC[C@H](N)C(=O)O. The Kier molecular flexibility index (Phi) is 11.8. The first-order valence-electron chi connectivity index (χ1n) is 4.78. The van der Waals surface area contributed by atoms with Crippen LogP contribution in [-0.2, 0) is 4.79 Å². The highest BCUT2D eigenvalue weighted by atomic mass is 16.4. The van der Waals surface area contributed by atoms with Gasteiger partial charge in [-0.1, -0.05) is 6.42 Å². The Labute approximate surface area is 85.1 Å². The second kappa shape index (κ2) is 10.4. The fourth-order valence-electron chi connectivity index (χ4n) is 0.632. The molecule has 0 aromatic rings. The minimum absolute atomic E-state index is 0.167. The van der Waals surface area contributed by atoms with Gasteiger partial charge in [0.15, 0.2) is 0 Å². The van der Waals surface area contributed by atoms with Crippen molar-refractivity contribution in [2.75, 3.05) is 6.54 Å². The molecule has 86 valence electrons. The molecule has 0 fully saturated rings. The topological polar surface area (TPSA) is 110 Å². The summed E-state index contributed by atoms with van der Waals surface area (Å²) >= 11 is 0. The predicted octanol–water partition coefficient (Wildman–Crippen LogP) is -0.0856. The molecule has 0 amide bonds. The average Bonchev–Trinajstić information content (AvgIpc) is 2.03. The van der Waals surface area contributed by atoms with E-state index in [2.05, 4.69) is 0 Å². The lowest BCUT2D eigenvalue weighted by atomic mass is 10.1. The maximum absolute atomic E-state index is 10.1. The lowest BCUT2D eigenvalue weighted by Crippen LogP contribution is -2.29. The fourth-order valence-corrected chi connectivity index (χ4v) is 0.632. The van der Waals surface area contributed by atoms with E-state index in [1.54, 1.807) is 13.8 Å². The largest absolute Gasteiger partial charge is 0.480 e. The Morgan fingerprint density at radius 2 is 1.79 bits per heavy atom. The Balaban J connectivity index is 0. The van der Waals surface area contributed by atoms with Gasteiger partial charge in [0.1, 0.15) is 6.04 Å². The van der Waals surface area contributed by atoms with Crippen LogP contribution in [0, 0.1) is 0 Å². The number of hydrogen-bond donors (Lipinski definition) is 4. The zero-order valence-electron chi connectivity index (χ0n) is 8.94. The highest BCUT2D eigenvalue weighted by Crippen LogP contribution is 1.96. The molecule has 1 atom stereocenters. The molecule has 0 rings (SSSR count). The van der Waals surface area contributed by atoms with Crippen molar-refractivity contribution in [2.24, 2.45) is 11.5 Å². The Morgan fingerprint density at radius 3 is 2.07 bits per heavy atom. The van der Waals surface area contributed by atoms with Gasteiger partial charge in [-0.25, -0.2) is 0 Å². The molecule has 0 spiro atoms. The number of nitrogens with two attached hydrogens (primary N) is 2. The van der Waals surface area contributed by atoms with Crippen LogP contribution in [-0.4, -0.2) is 34.9 Å². The molecule has 0 aromatic carbocycles. The quantitative estimate of drug-likeness (QED) is 0.470. The van der Waals surface area contributed by atoms with Crippen molar-refractivity contribution in [3.05, 3.63) is 0 Å². The Hall–Kier alpha value is -0.650. The third kappa shape index (κ3) is 17.4. The van der Waals surface area contributed by atoms with Crippen LogP contribution in [0.4, 0.5) is 0 Å². The first kappa shape index (κ1) is 15.8. The van der Waals surface area contributed by atoms with E-state index in [0.717, 1.165) is 12.8 Å². The number of carbonyl (C=O) groups is 1. The van der Waals surface area contributed by atoms with Gasteiger partial charge in [0.25, 0.3) is 0 Å². The van der Waals surface area contributed by atoms with E-state index < -0.39 is 12.0 Å². The van der Waals surface area contributed by atoms with Gasteiger partial charge >= 0.3 is 5.97 Å². The summed E-state index contributed by atoms with van der Waals surface area (Å²) in [5.41, 5.74) is 10.4. The van der Waals surface area contributed by atoms with Gasteiger partial charge in [0.2, 0.25) is 0 Å². The summed E-state index contributed by atoms with van der Waals surface area (Å²) in [5, 5.41) is 16.4. The summed E-state index contributed by atoms with van der Waals surface area (Å²) in [5.74, 6) is -0.933. The van der Waals surface area contributed by atoms with E-state index in [4.69, 9.17) is 21.7 Å². The molecule has 5 nitrogen and oxygen atoms in total. The molecule has 0 heterocycles. The van der Waals surface area contributed by atoms with Gasteiger partial charge in [-0.05, 0) is 33.2 Å². The standard InChI is InChI=1S/C6H14N2O2.C3H8O/c7-4-2-1-3-5(8)6(9)10;1-3(2)4/h5H,1-4,7-8H2,(H,9,10);3-4H,1-2H3/t5-;/m0./s1. The molecule has 14 heavy (non-hydrogen) atoms. The minimum atomic E-state index is -0.933. The van der Waals surface area contributed by atoms with E-state index in [-0.39, 0.29) is 6.10 Å². The molecule has 0 saturated heterocycles. The minimum Gasteiger partial charge on any atom is -0.480 e. The predicted molar refractivity (Wildman–Crippen MR) is 55.9 cm³/mol. The molecule has 0 unspecified atom stereocenters. The second-order valence-electron chi connectivity index (χ2n) is 3.32. The maximum Gasteiger partial charge on any atom is 0.320 e. The number of hydrogen-bond acceptors (Lipinski definition) is 4. The number of aliphatic hydroxyl groups is 1. The van der Waals surface area contributed by atoms with E-state index in [9.17, 15) is 4.79 Å². The summed E-state index contributed by atoms with van der Waals surface area (Å²) in [6, 6.07) is -0.716. The molecule has 6 N–H and O–H groups in total. The zero-order chi connectivity index (χ0) is 11.6.